The average molecular weight is 330 g/mol. The molecule has 0 aliphatic heterocycles. The van der Waals surface area contributed by atoms with Crippen LogP contribution in [0.1, 0.15) is 12.0 Å². The van der Waals surface area contributed by atoms with Crippen LogP contribution in [0.3, 0.4) is 0 Å². The zero-order valence-corrected chi connectivity index (χ0v) is 12.4. The first-order valence-electron chi connectivity index (χ1n) is 6.30. The number of aromatic nitrogens is 3. The summed E-state index contributed by atoms with van der Waals surface area (Å²) in [6.07, 6.45) is -2.72. The largest absolute Gasteiger partial charge is 0.416 e. The van der Waals surface area contributed by atoms with Crippen molar-refractivity contribution in [3.63, 3.8) is 0 Å². The molecule has 1 heterocycles. The molecule has 0 saturated carbocycles. The third kappa shape index (κ3) is 4.48. The minimum atomic E-state index is -4.43. The van der Waals surface area contributed by atoms with Crippen LogP contribution in [0.15, 0.2) is 35.7 Å². The molecule has 0 aliphatic carbocycles. The number of benzene rings is 1. The number of hydrogen-bond donors (Lipinski definition) is 1. The molecule has 0 radical (unpaired) electrons. The molecule has 9 heteroatoms. The Balaban J connectivity index is 1.86. The van der Waals surface area contributed by atoms with Crippen LogP contribution in [0.25, 0.3) is 0 Å². The summed E-state index contributed by atoms with van der Waals surface area (Å²) in [7, 11) is 1.78. The van der Waals surface area contributed by atoms with E-state index in [0.717, 1.165) is 12.1 Å². The zero-order valence-electron chi connectivity index (χ0n) is 11.6. The smallest absolute Gasteiger partial charge is 0.326 e. The molecule has 1 aromatic heterocycles. The number of nitrogens with one attached hydrogen (secondary N) is 1. The second-order valence-electron chi connectivity index (χ2n) is 4.45. The van der Waals surface area contributed by atoms with Gasteiger partial charge < -0.3 is 9.88 Å². The lowest BCUT2D eigenvalue weighted by molar-refractivity contribution is -0.137. The second-order valence-corrected chi connectivity index (χ2v) is 5.51. The molecule has 0 bridgehead atoms. The van der Waals surface area contributed by atoms with Gasteiger partial charge in [0.15, 0.2) is 5.16 Å². The van der Waals surface area contributed by atoms with Crippen molar-refractivity contribution in [2.24, 2.45) is 7.05 Å². The van der Waals surface area contributed by atoms with E-state index in [1.54, 1.807) is 17.9 Å². The number of nitrogens with zero attached hydrogens (tertiary/aromatic N) is 3. The molecule has 5 nitrogen and oxygen atoms in total. The molecule has 2 rings (SSSR count). The highest BCUT2D eigenvalue weighted by molar-refractivity contribution is 7.99. The molecule has 1 aromatic carbocycles. The number of alkyl halides is 3. The molecule has 0 aliphatic rings. The summed E-state index contributed by atoms with van der Waals surface area (Å²) >= 11 is 1.35. The standard InChI is InChI=1S/C13H13F3N4OS/c1-20-8-17-19-12(20)22-6-5-11(21)18-10-4-2-3-9(7-10)13(14,15)16/h2-4,7-8H,5-6H2,1H3,(H,18,21). The maximum atomic E-state index is 12.6. The number of hydrogen-bond acceptors (Lipinski definition) is 4. The predicted molar refractivity (Wildman–Crippen MR) is 76.4 cm³/mol. The zero-order chi connectivity index (χ0) is 16.2. The van der Waals surface area contributed by atoms with Gasteiger partial charge in [-0.3, -0.25) is 4.79 Å². The molecule has 0 saturated heterocycles. The number of halogens is 3. The fourth-order valence-corrected chi connectivity index (χ4v) is 2.46. The van der Waals surface area contributed by atoms with Crippen molar-refractivity contribution in [1.29, 1.82) is 0 Å². The van der Waals surface area contributed by atoms with E-state index in [4.69, 9.17) is 0 Å². The van der Waals surface area contributed by atoms with Crippen LogP contribution in [0.2, 0.25) is 0 Å². The third-order valence-corrected chi connectivity index (χ3v) is 3.74. The van der Waals surface area contributed by atoms with E-state index < -0.39 is 11.7 Å². The molecular formula is C13H13F3N4OS. The summed E-state index contributed by atoms with van der Waals surface area (Å²) in [5.41, 5.74) is -0.665. The van der Waals surface area contributed by atoms with Crippen molar-refractivity contribution in [2.75, 3.05) is 11.1 Å². The minimum absolute atomic E-state index is 0.128. The minimum Gasteiger partial charge on any atom is -0.326 e. The number of anilines is 1. The lowest BCUT2D eigenvalue weighted by Gasteiger charge is -2.09. The van der Waals surface area contributed by atoms with Crippen molar-refractivity contribution in [1.82, 2.24) is 14.8 Å². The Bertz CT molecular complexity index is 657. The van der Waals surface area contributed by atoms with Gasteiger partial charge in [0.2, 0.25) is 5.91 Å². The highest BCUT2D eigenvalue weighted by Crippen LogP contribution is 2.30. The van der Waals surface area contributed by atoms with Gasteiger partial charge in [0.1, 0.15) is 6.33 Å². The van der Waals surface area contributed by atoms with Crippen LogP contribution in [0, 0.1) is 0 Å². The van der Waals surface area contributed by atoms with Crippen LogP contribution >= 0.6 is 11.8 Å². The Morgan fingerprint density at radius 2 is 2.18 bits per heavy atom. The van der Waals surface area contributed by atoms with E-state index >= 15 is 0 Å². The number of amides is 1. The van der Waals surface area contributed by atoms with Gasteiger partial charge in [-0.05, 0) is 18.2 Å². The van der Waals surface area contributed by atoms with Crippen LogP contribution in [0.4, 0.5) is 18.9 Å². The van der Waals surface area contributed by atoms with Gasteiger partial charge >= 0.3 is 6.18 Å². The lowest BCUT2D eigenvalue weighted by atomic mass is 10.2. The van der Waals surface area contributed by atoms with E-state index in [2.05, 4.69) is 15.5 Å². The summed E-state index contributed by atoms with van der Waals surface area (Å²) in [5.74, 6) is 0.103. The first-order valence-corrected chi connectivity index (χ1v) is 7.29. The Morgan fingerprint density at radius 3 is 2.82 bits per heavy atom. The van der Waals surface area contributed by atoms with E-state index in [-0.39, 0.29) is 18.0 Å². The van der Waals surface area contributed by atoms with Crippen molar-refractivity contribution in [2.45, 2.75) is 17.8 Å². The molecule has 1 amide bonds. The Hall–Kier alpha value is -2.03. The normalized spacial score (nSPS) is 11.5. The van der Waals surface area contributed by atoms with Crippen molar-refractivity contribution < 1.29 is 18.0 Å². The molecule has 118 valence electrons. The van der Waals surface area contributed by atoms with Crippen molar-refractivity contribution in [3.05, 3.63) is 36.2 Å². The lowest BCUT2D eigenvalue weighted by Crippen LogP contribution is -2.13. The van der Waals surface area contributed by atoms with Gasteiger partial charge in [0.25, 0.3) is 0 Å². The van der Waals surface area contributed by atoms with Gasteiger partial charge in [0, 0.05) is 24.9 Å². The van der Waals surface area contributed by atoms with E-state index in [9.17, 15) is 18.0 Å². The third-order valence-electron chi connectivity index (χ3n) is 2.70. The number of carbonyl (C=O) groups is 1. The molecule has 0 fully saturated rings. The molecule has 2 aromatic rings. The number of rotatable bonds is 5. The maximum absolute atomic E-state index is 12.6. The monoisotopic (exact) mass is 330 g/mol. The number of aryl methyl sites for hydroxylation is 1. The fourth-order valence-electron chi connectivity index (χ4n) is 1.64. The summed E-state index contributed by atoms with van der Waals surface area (Å²) in [5, 5.41) is 10.7. The second kappa shape index (κ2) is 6.82. The van der Waals surface area contributed by atoms with Crippen LogP contribution < -0.4 is 5.32 Å². The number of carbonyl (C=O) groups excluding carboxylic acids is 1. The molecule has 0 unspecified atom stereocenters. The summed E-state index contributed by atoms with van der Waals surface area (Å²) in [4.78, 5) is 11.7. The van der Waals surface area contributed by atoms with E-state index in [1.165, 1.54) is 23.9 Å². The van der Waals surface area contributed by atoms with E-state index in [0.29, 0.717) is 10.9 Å². The van der Waals surface area contributed by atoms with Gasteiger partial charge in [-0.15, -0.1) is 10.2 Å². The van der Waals surface area contributed by atoms with Crippen LogP contribution in [0.5, 0.6) is 0 Å². The maximum Gasteiger partial charge on any atom is 0.416 e. The van der Waals surface area contributed by atoms with Crippen LogP contribution in [-0.4, -0.2) is 26.4 Å². The van der Waals surface area contributed by atoms with Gasteiger partial charge in [0.05, 0.1) is 5.56 Å². The first kappa shape index (κ1) is 16.3. The SMILES string of the molecule is Cn1cnnc1SCCC(=O)Nc1cccc(C(F)(F)F)c1. The van der Waals surface area contributed by atoms with Crippen molar-refractivity contribution in [3.8, 4) is 0 Å². The van der Waals surface area contributed by atoms with Gasteiger partial charge in [-0.2, -0.15) is 13.2 Å². The van der Waals surface area contributed by atoms with E-state index in [1.807, 2.05) is 0 Å². The highest BCUT2D eigenvalue weighted by Gasteiger charge is 2.30. The fraction of sp³-hybridized carbons (Fsp3) is 0.308. The molecule has 0 spiro atoms. The number of thioether (sulfide) groups is 1. The summed E-state index contributed by atoms with van der Waals surface area (Å²) < 4.78 is 39.4. The highest BCUT2D eigenvalue weighted by atomic mass is 32.2. The first-order chi connectivity index (χ1) is 10.4. The topological polar surface area (TPSA) is 59.8 Å². The van der Waals surface area contributed by atoms with Crippen molar-refractivity contribution >= 4 is 23.4 Å². The van der Waals surface area contributed by atoms with Gasteiger partial charge in [-0.25, -0.2) is 0 Å². The molecular weight excluding hydrogens is 317 g/mol. The Morgan fingerprint density at radius 1 is 1.41 bits per heavy atom. The molecule has 0 atom stereocenters. The Labute approximate surface area is 128 Å². The Kier molecular flexibility index (Phi) is 5.07. The summed E-state index contributed by atoms with van der Waals surface area (Å²) in [6.45, 7) is 0. The molecule has 1 N–H and O–H groups in total. The predicted octanol–water partition coefficient (Wildman–Crippen LogP) is 2.95. The summed E-state index contributed by atoms with van der Waals surface area (Å²) in [6, 6.07) is 4.54. The van der Waals surface area contributed by atoms with Crippen LogP contribution in [-0.2, 0) is 18.0 Å². The molecule has 22 heavy (non-hydrogen) atoms. The average Bonchev–Trinajstić information content (AvgIpc) is 2.84. The van der Waals surface area contributed by atoms with Gasteiger partial charge in [-0.1, -0.05) is 17.8 Å². The quantitative estimate of drug-likeness (QED) is 0.856.